The fraction of sp³-hybridized carbons (Fsp3) is 0.400. The van der Waals surface area contributed by atoms with E-state index in [1.807, 2.05) is 29.8 Å². The zero-order chi connectivity index (χ0) is 13.7. The molecule has 0 amide bonds. The van der Waals surface area contributed by atoms with Gasteiger partial charge in [0.2, 0.25) is 0 Å². The molecule has 102 valence electrons. The molecule has 0 atom stereocenters. The quantitative estimate of drug-likeness (QED) is 0.809. The molecular weight excluding hydrogens is 241 g/mol. The van der Waals surface area contributed by atoms with Crippen LogP contribution in [-0.4, -0.2) is 16.3 Å². The molecule has 0 bridgehead atoms. The maximum absolute atomic E-state index is 14.0. The fourth-order valence-electron chi connectivity index (χ4n) is 2.10. The van der Waals surface area contributed by atoms with Crippen LogP contribution >= 0.6 is 0 Å². The van der Waals surface area contributed by atoms with Gasteiger partial charge in [0.1, 0.15) is 5.82 Å². The Hall–Kier alpha value is -1.68. The van der Waals surface area contributed by atoms with Crippen molar-refractivity contribution >= 4 is 0 Å². The molecule has 2 aromatic rings. The van der Waals surface area contributed by atoms with Gasteiger partial charge in [0.25, 0.3) is 0 Å². The number of hydrogen-bond acceptors (Lipinski definition) is 2. The molecule has 1 aromatic carbocycles. The van der Waals surface area contributed by atoms with Gasteiger partial charge in [-0.2, -0.15) is 5.10 Å². The van der Waals surface area contributed by atoms with Crippen molar-refractivity contribution in [3.8, 4) is 11.3 Å². The van der Waals surface area contributed by atoms with Crippen molar-refractivity contribution in [2.24, 2.45) is 0 Å². The topological polar surface area (TPSA) is 29.9 Å². The summed E-state index contributed by atoms with van der Waals surface area (Å²) < 4.78 is 15.8. The van der Waals surface area contributed by atoms with Crippen LogP contribution in [0.3, 0.4) is 0 Å². The van der Waals surface area contributed by atoms with E-state index in [9.17, 15) is 4.39 Å². The summed E-state index contributed by atoms with van der Waals surface area (Å²) in [5.74, 6) is -0.200. The molecule has 0 fully saturated rings. The Morgan fingerprint density at radius 1 is 1.26 bits per heavy atom. The van der Waals surface area contributed by atoms with Crippen molar-refractivity contribution in [2.45, 2.75) is 33.4 Å². The van der Waals surface area contributed by atoms with E-state index in [1.54, 1.807) is 6.20 Å². The van der Waals surface area contributed by atoms with Gasteiger partial charge in [-0.05, 0) is 43.7 Å². The Kier molecular flexibility index (Phi) is 4.68. The van der Waals surface area contributed by atoms with Crippen LogP contribution in [0.15, 0.2) is 30.5 Å². The van der Waals surface area contributed by atoms with E-state index >= 15 is 0 Å². The largest absolute Gasteiger partial charge is 0.313 e. The first-order chi connectivity index (χ1) is 9.26. The number of nitrogens with one attached hydrogen (secondary N) is 1. The van der Waals surface area contributed by atoms with Crippen molar-refractivity contribution in [2.75, 3.05) is 6.54 Å². The van der Waals surface area contributed by atoms with Gasteiger partial charge < -0.3 is 5.32 Å². The highest BCUT2D eigenvalue weighted by molar-refractivity contribution is 5.61. The molecule has 2 rings (SSSR count). The second-order valence-corrected chi connectivity index (χ2v) is 4.52. The lowest BCUT2D eigenvalue weighted by molar-refractivity contribution is 0.618. The van der Waals surface area contributed by atoms with Crippen LogP contribution in [0.2, 0.25) is 0 Å². The van der Waals surface area contributed by atoms with Crippen molar-refractivity contribution < 1.29 is 4.39 Å². The van der Waals surface area contributed by atoms with Gasteiger partial charge in [-0.15, -0.1) is 0 Å². The molecule has 1 N–H and O–H groups in total. The van der Waals surface area contributed by atoms with Gasteiger partial charge in [-0.3, -0.25) is 4.68 Å². The van der Waals surface area contributed by atoms with E-state index in [0.29, 0.717) is 5.56 Å². The van der Waals surface area contributed by atoms with Crippen LogP contribution in [0, 0.1) is 5.82 Å². The monoisotopic (exact) mass is 261 g/mol. The van der Waals surface area contributed by atoms with E-state index in [1.165, 1.54) is 6.07 Å². The molecule has 0 saturated heterocycles. The Morgan fingerprint density at radius 2 is 2.11 bits per heavy atom. The molecule has 19 heavy (non-hydrogen) atoms. The first-order valence-corrected chi connectivity index (χ1v) is 6.77. The number of halogens is 1. The van der Waals surface area contributed by atoms with Crippen molar-refractivity contribution in [1.29, 1.82) is 0 Å². The minimum atomic E-state index is -0.200. The summed E-state index contributed by atoms with van der Waals surface area (Å²) >= 11 is 0. The van der Waals surface area contributed by atoms with E-state index in [4.69, 9.17) is 0 Å². The predicted molar refractivity (Wildman–Crippen MR) is 75.3 cm³/mol. The summed E-state index contributed by atoms with van der Waals surface area (Å²) in [5.41, 5.74) is 2.54. The molecule has 0 aliphatic rings. The second-order valence-electron chi connectivity index (χ2n) is 4.52. The Labute approximate surface area is 113 Å². The highest BCUT2D eigenvalue weighted by atomic mass is 19.1. The highest BCUT2D eigenvalue weighted by Crippen LogP contribution is 2.23. The van der Waals surface area contributed by atoms with E-state index in [0.717, 1.165) is 37.3 Å². The second kappa shape index (κ2) is 6.48. The number of nitrogens with zero attached hydrogens (tertiary/aromatic N) is 2. The molecule has 0 radical (unpaired) electrons. The Bertz CT molecular complexity index is 534. The number of rotatable bonds is 6. The van der Waals surface area contributed by atoms with Crippen LogP contribution in [-0.2, 0) is 13.1 Å². The van der Waals surface area contributed by atoms with Crippen LogP contribution in [0.1, 0.15) is 25.8 Å². The summed E-state index contributed by atoms with van der Waals surface area (Å²) in [6.45, 7) is 6.60. The maximum atomic E-state index is 14.0. The number of aromatic nitrogens is 2. The van der Waals surface area contributed by atoms with Gasteiger partial charge >= 0.3 is 0 Å². The van der Waals surface area contributed by atoms with Gasteiger partial charge in [0.15, 0.2) is 0 Å². The molecule has 0 spiro atoms. The summed E-state index contributed by atoms with van der Waals surface area (Å²) in [6.07, 6.45) is 2.80. The zero-order valence-corrected chi connectivity index (χ0v) is 11.5. The van der Waals surface area contributed by atoms with Gasteiger partial charge in [0, 0.05) is 24.8 Å². The summed E-state index contributed by atoms with van der Waals surface area (Å²) in [5, 5.41) is 7.52. The van der Waals surface area contributed by atoms with Crippen molar-refractivity contribution in [1.82, 2.24) is 15.1 Å². The van der Waals surface area contributed by atoms with Crippen LogP contribution in [0.5, 0.6) is 0 Å². The summed E-state index contributed by atoms with van der Waals surface area (Å²) in [6, 6.07) is 7.12. The highest BCUT2D eigenvalue weighted by Gasteiger charge is 2.10. The molecule has 3 nitrogen and oxygen atoms in total. The first kappa shape index (κ1) is 13.7. The SMILES string of the molecule is CCCNCc1ccc(F)c(-c2ccnn2CC)c1. The van der Waals surface area contributed by atoms with Gasteiger partial charge in [-0.1, -0.05) is 13.0 Å². The Balaban J connectivity index is 2.27. The lowest BCUT2D eigenvalue weighted by Gasteiger charge is -2.09. The molecule has 0 aliphatic heterocycles. The van der Waals surface area contributed by atoms with E-state index in [-0.39, 0.29) is 5.82 Å². The molecule has 0 aliphatic carbocycles. The van der Waals surface area contributed by atoms with Gasteiger partial charge in [0.05, 0.1) is 5.69 Å². The molecule has 1 heterocycles. The molecule has 0 unspecified atom stereocenters. The Morgan fingerprint density at radius 3 is 2.84 bits per heavy atom. The average Bonchev–Trinajstić information content (AvgIpc) is 2.89. The molecule has 4 heteroatoms. The molecule has 1 aromatic heterocycles. The van der Waals surface area contributed by atoms with Crippen molar-refractivity contribution in [3.63, 3.8) is 0 Å². The molecular formula is C15H20FN3. The third-order valence-corrected chi connectivity index (χ3v) is 3.08. The summed E-state index contributed by atoms with van der Waals surface area (Å²) in [4.78, 5) is 0. The minimum Gasteiger partial charge on any atom is -0.313 e. The van der Waals surface area contributed by atoms with Gasteiger partial charge in [-0.25, -0.2) is 4.39 Å². The lowest BCUT2D eigenvalue weighted by Crippen LogP contribution is -2.14. The minimum absolute atomic E-state index is 0.200. The van der Waals surface area contributed by atoms with Crippen LogP contribution in [0.25, 0.3) is 11.3 Å². The lowest BCUT2D eigenvalue weighted by atomic mass is 10.1. The molecule has 0 saturated carbocycles. The zero-order valence-electron chi connectivity index (χ0n) is 11.5. The van der Waals surface area contributed by atoms with E-state index < -0.39 is 0 Å². The fourth-order valence-corrected chi connectivity index (χ4v) is 2.10. The number of hydrogen-bond donors (Lipinski definition) is 1. The van der Waals surface area contributed by atoms with E-state index in [2.05, 4.69) is 17.3 Å². The predicted octanol–water partition coefficient (Wildman–Crippen LogP) is 3.21. The standard InChI is InChI=1S/C15H20FN3/c1-3-8-17-11-12-5-6-14(16)13(10-12)15-7-9-18-19(15)4-2/h5-7,9-10,17H,3-4,8,11H2,1-2H3. The third kappa shape index (κ3) is 3.20. The first-order valence-electron chi connectivity index (χ1n) is 6.77. The smallest absolute Gasteiger partial charge is 0.132 e. The van der Waals surface area contributed by atoms with Crippen LogP contribution < -0.4 is 5.32 Å². The maximum Gasteiger partial charge on any atom is 0.132 e. The average molecular weight is 261 g/mol. The number of benzene rings is 1. The van der Waals surface area contributed by atoms with Crippen molar-refractivity contribution in [3.05, 3.63) is 41.8 Å². The van der Waals surface area contributed by atoms with Crippen LogP contribution in [0.4, 0.5) is 4.39 Å². The number of aryl methyl sites for hydroxylation is 1. The summed E-state index contributed by atoms with van der Waals surface area (Å²) in [7, 11) is 0. The normalized spacial score (nSPS) is 10.9. The third-order valence-electron chi connectivity index (χ3n) is 3.08.